The molecule has 0 amide bonds. The number of hydrazine groups is 1. The fourth-order valence-electron chi connectivity index (χ4n) is 3.89. The quantitative estimate of drug-likeness (QED) is 0.774. The van der Waals surface area contributed by atoms with Crippen molar-refractivity contribution < 1.29 is 0 Å². The number of anilines is 1. The smallest absolute Gasteiger partial charge is 0.173 e. The molecule has 4 heterocycles. The van der Waals surface area contributed by atoms with Crippen molar-refractivity contribution in [3.05, 3.63) is 53.7 Å². The van der Waals surface area contributed by atoms with Crippen LogP contribution in [0.15, 0.2) is 47.5 Å². The maximum absolute atomic E-state index is 6.32. The second-order valence-electron chi connectivity index (χ2n) is 7.08. The van der Waals surface area contributed by atoms with Crippen LogP contribution in [0.5, 0.6) is 0 Å². The average molecular weight is 369 g/mol. The molecule has 0 N–H and O–H groups in total. The topological polar surface area (TPSA) is 56.0 Å². The van der Waals surface area contributed by atoms with Crippen molar-refractivity contribution in [3.63, 3.8) is 0 Å². The molecule has 1 fully saturated rings. The van der Waals surface area contributed by atoms with Gasteiger partial charge in [0.25, 0.3) is 0 Å². The highest BCUT2D eigenvalue weighted by molar-refractivity contribution is 6.14. The SMILES string of the molecule is ClN1C=C2N(C1)c1ccccc1C1N=CN(n3nncc3CC3CC3)N21. The van der Waals surface area contributed by atoms with Gasteiger partial charge in [0.2, 0.25) is 0 Å². The monoisotopic (exact) mass is 368 g/mol. The maximum Gasteiger partial charge on any atom is 0.173 e. The van der Waals surface area contributed by atoms with Crippen LogP contribution >= 0.6 is 11.8 Å². The number of nitrogens with zero attached hydrogens (tertiary/aromatic N) is 8. The number of hydrogen-bond donors (Lipinski definition) is 0. The lowest BCUT2D eigenvalue weighted by atomic mass is 10.1. The van der Waals surface area contributed by atoms with Crippen molar-refractivity contribution in [2.75, 3.05) is 16.7 Å². The van der Waals surface area contributed by atoms with Gasteiger partial charge in [-0.1, -0.05) is 18.2 Å². The molecule has 9 heteroatoms. The number of aliphatic imine (C=N–C) groups is 1. The zero-order chi connectivity index (χ0) is 17.3. The number of rotatable bonds is 3. The first-order valence-corrected chi connectivity index (χ1v) is 9.15. The van der Waals surface area contributed by atoms with Crippen molar-refractivity contribution in [3.8, 4) is 0 Å². The number of halogens is 1. The summed E-state index contributed by atoms with van der Waals surface area (Å²) in [5, 5.41) is 12.5. The Morgan fingerprint density at radius 1 is 1.19 bits per heavy atom. The zero-order valence-electron chi connectivity index (χ0n) is 14.0. The Labute approximate surface area is 155 Å². The normalized spacial score (nSPS) is 23.3. The number of hydrogen-bond acceptors (Lipinski definition) is 7. The molecule has 1 atom stereocenters. The molecule has 0 radical (unpaired) electrons. The summed E-state index contributed by atoms with van der Waals surface area (Å²) in [5.74, 6) is 1.74. The molecule has 0 bridgehead atoms. The van der Waals surface area contributed by atoms with E-state index in [0.29, 0.717) is 6.67 Å². The first-order valence-electron chi connectivity index (χ1n) is 8.82. The number of para-hydroxylation sites is 1. The van der Waals surface area contributed by atoms with Crippen LogP contribution in [0.3, 0.4) is 0 Å². The van der Waals surface area contributed by atoms with Gasteiger partial charge in [0, 0.05) is 17.3 Å². The standard InChI is InChI=1S/C17H17ClN8/c18-22-9-16-23(11-22)15-4-2-1-3-14(15)17-19-10-24(25(16)17)26-13(8-20-21-26)7-12-5-6-12/h1-4,8-10,12,17H,5-7,11H2. The van der Waals surface area contributed by atoms with E-state index in [1.165, 1.54) is 12.8 Å². The van der Waals surface area contributed by atoms with Gasteiger partial charge >= 0.3 is 0 Å². The Balaban J connectivity index is 1.45. The fraction of sp³-hybridized carbons (Fsp3) is 0.353. The molecule has 8 nitrogen and oxygen atoms in total. The van der Waals surface area contributed by atoms with E-state index in [0.717, 1.165) is 35.1 Å². The molecule has 26 heavy (non-hydrogen) atoms. The first kappa shape index (κ1) is 14.4. The van der Waals surface area contributed by atoms with E-state index in [9.17, 15) is 0 Å². The molecular formula is C17H17ClN8. The van der Waals surface area contributed by atoms with Crippen LogP contribution in [0.2, 0.25) is 0 Å². The van der Waals surface area contributed by atoms with E-state index in [4.69, 9.17) is 16.8 Å². The van der Waals surface area contributed by atoms with Crippen molar-refractivity contribution in [1.82, 2.24) is 24.5 Å². The molecule has 6 rings (SSSR count). The zero-order valence-corrected chi connectivity index (χ0v) is 14.7. The molecular weight excluding hydrogens is 352 g/mol. The molecule has 0 saturated heterocycles. The summed E-state index contributed by atoms with van der Waals surface area (Å²) in [6.07, 6.45) is 9.06. The minimum absolute atomic E-state index is 0.130. The summed E-state index contributed by atoms with van der Waals surface area (Å²) < 4.78 is 1.66. The lowest BCUT2D eigenvalue weighted by Crippen LogP contribution is -2.52. The van der Waals surface area contributed by atoms with Gasteiger partial charge in [-0.05, 0) is 36.5 Å². The third-order valence-electron chi connectivity index (χ3n) is 5.30. The van der Waals surface area contributed by atoms with Gasteiger partial charge in [0.05, 0.1) is 23.8 Å². The van der Waals surface area contributed by atoms with Crippen molar-refractivity contribution in [1.29, 1.82) is 0 Å². The van der Waals surface area contributed by atoms with Gasteiger partial charge in [-0.3, -0.25) is 4.42 Å². The Kier molecular flexibility index (Phi) is 2.85. The van der Waals surface area contributed by atoms with Gasteiger partial charge in [0.1, 0.15) is 13.0 Å². The van der Waals surface area contributed by atoms with Crippen LogP contribution in [0.25, 0.3) is 0 Å². The number of fused-ring (bicyclic) bond motifs is 6. The summed E-state index contributed by atoms with van der Waals surface area (Å²) in [5.41, 5.74) is 3.39. The summed E-state index contributed by atoms with van der Waals surface area (Å²) in [6.45, 7) is 0.594. The molecule has 2 aromatic rings. The summed E-state index contributed by atoms with van der Waals surface area (Å²) in [4.78, 5) is 8.81. The number of aromatic nitrogens is 3. The number of benzene rings is 1. The van der Waals surface area contributed by atoms with E-state index >= 15 is 0 Å². The van der Waals surface area contributed by atoms with Gasteiger partial charge in [0.15, 0.2) is 12.0 Å². The fourth-order valence-corrected chi connectivity index (χ4v) is 4.08. The Morgan fingerprint density at radius 3 is 2.96 bits per heavy atom. The lowest BCUT2D eigenvalue weighted by molar-refractivity contribution is 0.223. The van der Waals surface area contributed by atoms with Gasteiger partial charge < -0.3 is 4.90 Å². The molecule has 1 aliphatic carbocycles. The van der Waals surface area contributed by atoms with Crippen LogP contribution < -0.4 is 10.0 Å². The van der Waals surface area contributed by atoms with E-state index < -0.39 is 0 Å². The van der Waals surface area contributed by atoms with Crippen molar-refractivity contribution >= 4 is 23.8 Å². The van der Waals surface area contributed by atoms with Gasteiger partial charge in [-0.25, -0.2) is 10.0 Å². The Morgan fingerprint density at radius 2 is 2.08 bits per heavy atom. The van der Waals surface area contributed by atoms with E-state index in [1.807, 2.05) is 40.8 Å². The summed E-state index contributed by atoms with van der Waals surface area (Å²) in [7, 11) is 0. The van der Waals surface area contributed by atoms with E-state index in [1.54, 1.807) is 4.42 Å². The minimum Gasteiger partial charge on any atom is -0.305 e. The highest BCUT2D eigenvalue weighted by Gasteiger charge is 2.44. The van der Waals surface area contributed by atoms with Gasteiger partial charge in [-0.2, -0.15) is 5.12 Å². The average Bonchev–Trinajstić information content (AvgIpc) is 3.04. The molecule has 1 unspecified atom stereocenters. The van der Waals surface area contributed by atoms with Crippen LogP contribution in [0.1, 0.15) is 30.3 Å². The second-order valence-corrected chi connectivity index (χ2v) is 7.51. The molecule has 0 spiro atoms. The van der Waals surface area contributed by atoms with E-state index in [2.05, 4.69) is 32.4 Å². The molecule has 132 valence electrons. The predicted molar refractivity (Wildman–Crippen MR) is 97.3 cm³/mol. The van der Waals surface area contributed by atoms with Gasteiger partial charge in [-0.15, -0.1) is 9.89 Å². The molecule has 1 saturated carbocycles. The highest BCUT2D eigenvalue weighted by atomic mass is 35.5. The predicted octanol–water partition coefficient (Wildman–Crippen LogP) is 2.17. The van der Waals surface area contributed by atoms with Crippen LogP contribution in [-0.2, 0) is 6.42 Å². The first-order chi connectivity index (χ1) is 12.8. The Hall–Kier alpha value is -2.74. The molecule has 1 aromatic carbocycles. The minimum atomic E-state index is -0.130. The second kappa shape index (κ2) is 5.14. The summed E-state index contributed by atoms with van der Waals surface area (Å²) in [6, 6.07) is 8.33. The highest BCUT2D eigenvalue weighted by Crippen LogP contribution is 2.45. The third kappa shape index (κ3) is 1.99. The molecule has 4 aliphatic rings. The molecule has 3 aliphatic heterocycles. The molecule has 1 aromatic heterocycles. The van der Waals surface area contributed by atoms with Crippen LogP contribution in [-0.4, -0.2) is 37.5 Å². The third-order valence-corrected chi connectivity index (χ3v) is 5.51. The Bertz CT molecular complexity index is 932. The van der Waals surface area contributed by atoms with E-state index in [-0.39, 0.29) is 6.17 Å². The van der Waals surface area contributed by atoms with Crippen LogP contribution in [0, 0.1) is 5.92 Å². The van der Waals surface area contributed by atoms with Crippen LogP contribution in [0.4, 0.5) is 5.69 Å². The summed E-state index contributed by atoms with van der Waals surface area (Å²) >= 11 is 6.32. The van der Waals surface area contributed by atoms with Crippen molar-refractivity contribution in [2.45, 2.75) is 25.4 Å². The van der Waals surface area contributed by atoms with Crippen molar-refractivity contribution in [2.24, 2.45) is 10.9 Å². The maximum atomic E-state index is 6.32. The lowest BCUT2D eigenvalue weighted by Gasteiger charge is -2.42. The largest absolute Gasteiger partial charge is 0.305 e.